The Labute approximate surface area is 305 Å². The summed E-state index contributed by atoms with van der Waals surface area (Å²) in [5.74, 6) is 2.43. The number of nitrogens with two attached hydrogens (primary N) is 1. The van der Waals surface area contributed by atoms with Gasteiger partial charge in [-0.25, -0.2) is 4.98 Å². The zero-order valence-corrected chi connectivity index (χ0v) is 32.4. The van der Waals surface area contributed by atoms with Crippen molar-refractivity contribution in [1.29, 1.82) is 0 Å². The Bertz CT molecular complexity index is 1500. The van der Waals surface area contributed by atoms with Crippen molar-refractivity contribution in [3.8, 4) is 0 Å². The van der Waals surface area contributed by atoms with Crippen molar-refractivity contribution in [2.75, 3.05) is 24.5 Å². The van der Waals surface area contributed by atoms with Gasteiger partial charge in [0.15, 0.2) is 0 Å². The second-order valence-corrected chi connectivity index (χ2v) is 16.7. The van der Waals surface area contributed by atoms with Crippen LogP contribution in [0, 0.1) is 24.2 Å². The van der Waals surface area contributed by atoms with Gasteiger partial charge in [0, 0.05) is 61.3 Å². The molecule has 50 heavy (non-hydrogen) atoms. The van der Waals surface area contributed by atoms with Gasteiger partial charge >= 0.3 is 0 Å². The van der Waals surface area contributed by atoms with E-state index in [4.69, 9.17) is 17.3 Å². The number of nitrogens with zero attached hydrogens (tertiary/aromatic N) is 4. The van der Waals surface area contributed by atoms with Gasteiger partial charge in [-0.1, -0.05) is 64.5 Å². The minimum Gasteiger partial charge on any atom is -0.404 e. The van der Waals surface area contributed by atoms with Crippen LogP contribution in [0.2, 0.25) is 0 Å². The number of pyridine rings is 1. The van der Waals surface area contributed by atoms with Gasteiger partial charge in [0.1, 0.15) is 5.82 Å². The molecule has 5 fully saturated rings. The Hall–Kier alpha value is -3.34. The average Bonchev–Trinajstić information content (AvgIpc) is 3.58. The molecule has 0 spiro atoms. The fourth-order valence-corrected chi connectivity index (χ4v) is 9.15. The number of fused-ring (bicyclic) bond motifs is 3. The van der Waals surface area contributed by atoms with E-state index >= 15 is 0 Å². The summed E-state index contributed by atoms with van der Waals surface area (Å²) in [6.45, 7) is 25.2. The van der Waals surface area contributed by atoms with E-state index in [9.17, 15) is 0 Å². The van der Waals surface area contributed by atoms with Crippen molar-refractivity contribution in [2.45, 2.75) is 136 Å². The van der Waals surface area contributed by atoms with Gasteiger partial charge in [-0.05, 0) is 149 Å². The van der Waals surface area contributed by atoms with Gasteiger partial charge < -0.3 is 15.5 Å². The maximum Gasteiger partial charge on any atom is 0.133 e. The van der Waals surface area contributed by atoms with Crippen LogP contribution >= 0.6 is 0 Å². The smallest absolute Gasteiger partial charge is 0.133 e. The van der Waals surface area contributed by atoms with E-state index in [-0.39, 0.29) is 6.04 Å². The lowest BCUT2D eigenvalue weighted by atomic mass is 9.51. The number of likely N-dealkylation sites (tertiary alicyclic amines) is 1. The first kappa shape index (κ1) is 37.9. The van der Waals surface area contributed by atoms with E-state index in [1.807, 2.05) is 12.4 Å². The summed E-state index contributed by atoms with van der Waals surface area (Å²) in [4.78, 5) is 14.4. The number of allylic oxidation sites excluding steroid dienone is 3. The molecule has 4 aliphatic carbocycles. The topological polar surface area (TPSA) is 57.8 Å². The molecule has 1 aromatic heterocycles. The maximum absolute atomic E-state index is 6.07. The van der Waals surface area contributed by atoms with Crippen molar-refractivity contribution < 1.29 is 0 Å². The summed E-state index contributed by atoms with van der Waals surface area (Å²) in [7, 11) is 0. The minimum absolute atomic E-state index is 0.228. The maximum atomic E-state index is 6.07. The van der Waals surface area contributed by atoms with Crippen LogP contribution in [0.15, 0.2) is 72.3 Å². The highest BCUT2D eigenvalue weighted by molar-refractivity contribution is 6.09. The van der Waals surface area contributed by atoms with Gasteiger partial charge in [0.05, 0.1) is 0 Å². The van der Waals surface area contributed by atoms with Crippen LogP contribution in [0.4, 0.5) is 5.82 Å². The van der Waals surface area contributed by atoms with Gasteiger partial charge in [0.25, 0.3) is 0 Å². The van der Waals surface area contributed by atoms with Crippen LogP contribution in [0.25, 0.3) is 5.57 Å². The van der Waals surface area contributed by atoms with Crippen LogP contribution in [-0.2, 0) is 11.8 Å². The molecule has 2 heterocycles. The first-order valence-corrected chi connectivity index (χ1v) is 19.9. The van der Waals surface area contributed by atoms with Crippen LogP contribution in [0.1, 0.15) is 134 Å². The fraction of sp³-hybridized carbons (Fsp3) is 0.600. The number of hydrogen-bond donors (Lipinski definition) is 1. The van der Waals surface area contributed by atoms with Crippen LogP contribution in [0.3, 0.4) is 0 Å². The number of aliphatic imine (C=N–C) groups is 1. The van der Waals surface area contributed by atoms with Gasteiger partial charge in [-0.2, -0.15) is 0 Å². The minimum atomic E-state index is 0.228. The lowest BCUT2D eigenvalue weighted by Gasteiger charge is -2.55. The van der Waals surface area contributed by atoms with E-state index in [0.717, 1.165) is 35.8 Å². The molecule has 1 saturated heterocycles. The second-order valence-electron chi connectivity index (χ2n) is 16.7. The monoisotopic (exact) mass is 678 g/mol. The third kappa shape index (κ3) is 8.93. The quantitative estimate of drug-likeness (QED) is 0.241. The first-order valence-electron chi connectivity index (χ1n) is 19.9. The molecule has 1 atom stereocenters. The van der Waals surface area contributed by atoms with Crippen molar-refractivity contribution in [3.63, 3.8) is 0 Å². The van der Waals surface area contributed by atoms with Crippen molar-refractivity contribution in [3.05, 3.63) is 89.5 Å². The summed E-state index contributed by atoms with van der Waals surface area (Å²) in [5.41, 5.74) is 15.8. The number of aryl methyl sites for hydroxylation is 2. The van der Waals surface area contributed by atoms with E-state index in [1.165, 1.54) is 113 Å². The molecule has 1 aromatic carbocycles. The first-order chi connectivity index (χ1) is 24.0. The largest absolute Gasteiger partial charge is 0.404 e. The molecule has 5 heteroatoms. The van der Waals surface area contributed by atoms with Gasteiger partial charge in [-0.3, -0.25) is 4.99 Å². The Kier molecular flexibility index (Phi) is 12.7. The van der Waals surface area contributed by atoms with Crippen LogP contribution < -0.4 is 10.6 Å². The molecule has 0 amide bonds. The predicted octanol–water partition coefficient (Wildman–Crippen LogP) is 10.8. The Morgan fingerprint density at radius 2 is 1.74 bits per heavy atom. The summed E-state index contributed by atoms with van der Waals surface area (Å²) < 4.78 is 0. The highest BCUT2D eigenvalue weighted by Crippen LogP contribution is 2.58. The summed E-state index contributed by atoms with van der Waals surface area (Å²) >= 11 is 0. The highest BCUT2D eigenvalue weighted by atomic mass is 15.2. The molecule has 272 valence electrons. The third-order valence-corrected chi connectivity index (χ3v) is 12.7. The normalized spacial score (nSPS) is 25.5. The number of rotatable bonds is 11. The Morgan fingerprint density at radius 1 is 1.04 bits per heavy atom. The molecular weight excluding hydrogens is 611 g/mol. The van der Waals surface area contributed by atoms with E-state index < -0.39 is 0 Å². The zero-order valence-electron chi connectivity index (χ0n) is 32.4. The zero-order chi connectivity index (χ0) is 35.9. The Balaban J connectivity index is 0.000000470. The molecule has 5 nitrogen and oxygen atoms in total. The Morgan fingerprint density at radius 3 is 2.28 bits per heavy atom. The molecule has 4 saturated carbocycles. The molecule has 0 radical (unpaired) electrons. The molecule has 5 aliphatic rings. The van der Waals surface area contributed by atoms with Gasteiger partial charge in [-0.15, -0.1) is 0 Å². The summed E-state index contributed by atoms with van der Waals surface area (Å²) in [6, 6.07) is 11.8. The molecule has 7 rings (SSSR count). The number of hydrogen-bond acceptors (Lipinski definition) is 5. The second kappa shape index (κ2) is 16.8. The van der Waals surface area contributed by atoms with Crippen molar-refractivity contribution in [1.82, 2.24) is 9.88 Å². The SMILES string of the molecule is C=C(C)N1CCC(C)C1.C=C(C1CCCCC1)N(CC12CCC(c3ccc(CC)c(C)c3)(CC1)CC2)c1cc(/C(C=NC(C)C)=C/N)ccn1. The third-order valence-electron chi connectivity index (χ3n) is 12.7. The lowest BCUT2D eigenvalue weighted by Crippen LogP contribution is -2.49. The standard InChI is InChI=1S/C37H52N4.C8H15N/c1-6-30-12-13-34(22-28(30)4)37-18-15-36(16-19-37,17-20-37)26-41(29(5)31-10-8-7-9-11-31)35-23-32(14-21-39-35)33(24-38)25-40-27(2)3;1-7(2)9-5-4-8(3)6-9/h12-14,21-25,27,31H,5-11,15-20,26,38H2,1-4H3;8H,1,4-6H2,2-3H3/b33-24+,40-25?;. The number of anilines is 1. The predicted molar refractivity (Wildman–Crippen MR) is 216 cm³/mol. The molecule has 1 aliphatic heterocycles. The van der Waals surface area contributed by atoms with Crippen molar-refractivity contribution in [2.24, 2.45) is 28.0 Å². The summed E-state index contributed by atoms with van der Waals surface area (Å²) in [6.07, 6.45) is 22.1. The average molecular weight is 678 g/mol. The summed E-state index contributed by atoms with van der Waals surface area (Å²) in [5, 5.41) is 0. The number of aromatic nitrogens is 1. The fourth-order valence-electron chi connectivity index (χ4n) is 9.15. The lowest BCUT2D eigenvalue weighted by molar-refractivity contribution is 0.0459. The highest BCUT2D eigenvalue weighted by Gasteiger charge is 2.50. The van der Waals surface area contributed by atoms with Crippen molar-refractivity contribution >= 4 is 17.6 Å². The molecular formula is C45H67N5. The number of benzene rings is 1. The van der Waals surface area contributed by atoms with Crippen LogP contribution in [0.5, 0.6) is 0 Å². The van der Waals surface area contributed by atoms with E-state index in [0.29, 0.717) is 16.7 Å². The molecule has 1 unspecified atom stereocenters. The molecule has 2 aromatic rings. The molecule has 2 N–H and O–H groups in total. The van der Waals surface area contributed by atoms with E-state index in [2.05, 4.69) is 93.2 Å². The van der Waals surface area contributed by atoms with E-state index in [1.54, 1.807) is 11.8 Å². The van der Waals surface area contributed by atoms with Gasteiger partial charge in [0.2, 0.25) is 0 Å². The molecule has 2 bridgehead atoms. The van der Waals surface area contributed by atoms with Crippen LogP contribution in [-0.4, -0.2) is 41.8 Å².